The average molecular weight is 389 g/mol. The van der Waals surface area contributed by atoms with E-state index >= 15 is 0 Å². The molecule has 146 valence electrons. The van der Waals surface area contributed by atoms with Gasteiger partial charge in [-0.05, 0) is 55.4 Å². The van der Waals surface area contributed by atoms with Gasteiger partial charge in [-0.15, -0.1) is 0 Å². The number of carbonyl (C=O) groups is 1. The second-order valence-electron chi connectivity index (χ2n) is 8.38. The summed E-state index contributed by atoms with van der Waals surface area (Å²) in [6.07, 6.45) is 8.48. The van der Waals surface area contributed by atoms with Crippen LogP contribution in [0.4, 0.5) is 4.79 Å². The zero-order valence-electron chi connectivity index (χ0n) is 15.8. The number of hydrogen-bond acceptors (Lipinski definition) is 3. The lowest BCUT2D eigenvalue weighted by molar-refractivity contribution is 0.188. The Labute approximate surface area is 161 Å². The average Bonchev–Trinajstić information content (AvgIpc) is 3.56. The Kier molecular flexibility index (Phi) is 5.01. The highest BCUT2D eigenvalue weighted by Gasteiger charge is 2.43. The molecule has 1 unspecified atom stereocenters. The quantitative estimate of drug-likeness (QED) is 0.811. The Morgan fingerprint density at radius 1 is 1.15 bits per heavy atom. The molecule has 1 aliphatic heterocycles. The van der Waals surface area contributed by atoms with Crippen molar-refractivity contribution in [3.05, 3.63) is 47.4 Å². The topological polar surface area (TPSA) is 66.5 Å². The lowest BCUT2D eigenvalue weighted by Crippen LogP contribution is -2.45. The molecule has 1 N–H and O–H groups in total. The third-order valence-electron chi connectivity index (χ3n) is 6.02. The number of carbonyl (C=O) groups excluding carboxylic acids is 1. The van der Waals surface area contributed by atoms with Crippen molar-refractivity contribution in [2.45, 2.75) is 44.2 Å². The fourth-order valence-electron chi connectivity index (χ4n) is 4.22. The second-order valence-corrected chi connectivity index (χ2v) is 10.3. The lowest BCUT2D eigenvalue weighted by atomic mass is 9.96. The van der Waals surface area contributed by atoms with E-state index in [1.807, 2.05) is 23.1 Å². The van der Waals surface area contributed by atoms with Gasteiger partial charge in [-0.2, -0.15) is 0 Å². The van der Waals surface area contributed by atoms with Gasteiger partial charge in [0.1, 0.15) is 0 Å². The largest absolute Gasteiger partial charge is 0.331 e. The van der Waals surface area contributed by atoms with Crippen LogP contribution in [0.2, 0.25) is 0 Å². The standard InChI is InChI=1S/C21H28N2O3S/c1-27(25,26)12-11-19(16-9-10-16)22-21(24)23-14-18(15-7-8-15)13-20(23)17-5-3-2-4-6-17/h2-6,11-12,15-16,18-20H,7-10,13-14H2,1H3,(H,22,24)/b12-11+/t18-,19?,20-/m1/s1. The number of nitrogens with zero attached hydrogens (tertiary/aromatic N) is 1. The maximum atomic E-state index is 13.1. The molecule has 5 nitrogen and oxygen atoms in total. The summed E-state index contributed by atoms with van der Waals surface area (Å²) in [6, 6.07) is 10.1. The molecule has 2 saturated carbocycles. The van der Waals surface area contributed by atoms with Crippen molar-refractivity contribution < 1.29 is 13.2 Å². The molecule has 3 atom stereocenters. The molecular formula is C21H28N2O3S. The number of nitrogens with one attached hydrogen (secondary N) is 1. The minimum atomic E-state index is -3.19. The number of urea groups is 1. The second kappa shape index (κ2) is 7.30. The van der Waals surface area contributed by atoms with Crippen LogP contribution in [0.1, 0.15) is 43.7 Å². The van der Waals surface area contributed by atoms with Crippen molar-refractivity contribution in [2.24, 2.45) is 17.8 Å². The molecule has 0 spiro atoms. The van der Waals surface area contributed by atoms with Gasteiger partial charge in [0.25, 0.3) is 0 Å². The van der Waals surface area contributed by atoms with Crippen molar-refractivity contribution in [2.75, 3.05) is 12.8 Å². The molecule has 2 amide bonds. The van der Waals surface area contributed by atoms with Crippen molar-refractivity contribution in [3.8, 4) is 0 Å². The molecule has 0 bridgehead atoms. The highest BCUT2D eigenvalue weighted by Crippen LogP contribution is 2.47. The molecule has 3 fully saturated rings. The van der Waals surface area contributed by atoms with Gasteiger partial charge in [0.2, 0.25) is 0 Å². The van der Waals surface area contributed by atoms with Gasteiger partial charge >= 0.3 is 6.03 Å². The first-order valence-electron chi connectivity index (χ1n) is 9.91. The van der Waals surface area contributed by atoms with Crippen LogP contribution in [-0.2, 0) is 9.84 Å². The van der Waals surface area contributed by atoms with Crippen LogP contribution >= 0.6 is 0 Å². The van der Waals surface area contributed by atoms with Crippen molar-refractivity contribution >= 4 is 15.9 Å². The summed E-state index contributed by atoms with van der Waals surface area (Å²) in [7, 11) is -3.19. The number of rotatable bonds is 6. The van der Waals surface area contributed by atoms with Gasteiger partial charge in [0, 0.05) is 18.2 Å². The fraction of sp³-hybridized carbons (Fsp3) is 0.571. The molecule has 3 aliphatic rings. The van der Waals surface area contributed by atoms with Gasteiger partial charge in [-0.25, -0.2) is 13.2 Å². The Morgan fingerprint density at radius 2 is 1.85 bits per heavy atom. The molecular weight excluding hydrogens is 360 g/mol. The molecule has 1 heterocycles. The fourth-order valence-corrected chi connectivity index (χ4v) is 4.68. The molecule has 27 heavy (non-hydrogen) atoms. The highest BCUT2D eigenvalue weighted by molar-refractivity contribution is 7.93. The van der Waals surface area contributed by atoms with Crippen molar-refractivity contribution in [3.63, 3.8) is 0 Å². The van der Waals surface area contributed by atoms with Crippen LogP contribution in [0.3, 0.4) is 0 Å². The predicted molar refractivity (Wildman–Crippen MR) is 106 cm³/mol. The molecule has 0 aromatic heterocycles. The highest BCUT2D eigenvalue weighted by atomic mass is 32.2. The SMILES string of the molecule is CS(=O)(=O)/C=C/C(NC(=O)N1C[C@H](C2CC2)C[C@@H]1c1ccccc1)C1CC1. The van der Waals surface area contributed by atoms with Gasteiger partial charge in [-0.3, -0.25) is 0 Å². The Bertz CT molecular complexity index is 813. The summed E-state index contributed by atoms with van der Waals surface area (Å²) >= 11 is 0. The Balaban J connectivity index is 1.50. The van der Waals surface area contributed by atoms with Crippen LogP contribution in [0.5, 0.6) is 0 Å². The van der Waals surface area contributed by atoms with E-state index in [9.17, 15) is 13.2 Å². The van der Waals surface area contributed by atoms with Gasteiger partial charge in [0.15, 0.2) is 9.84 Å². The molecule has 0 radical (unpaired) electrons. The maximum absolute atomic E-state index is 13.1. The van der Waals surface area contributed by atoms with E-state index < -0.39 is 9.84 Å². The third-order valence-corrected chi connectivity index (χ3v) is 6.67. The van der Waals surface area contributed by atoms with E-state index in [1.165, 1.54) is 30.1 Å². The minimum absolute atomic E-state index is 0.0675. The normalized spacial score (nSPS) is 27.1. The summed E-state index contributed by atoms with van der Waals surface area (Å²) in [4.78, 5) is 15.1. The number of benzene rings is 1. The smallest absolute Gasteiger partial charge is 0.318 e. The van der Waals surface area contributed by atoms with E-state index in [1.54, 1.807) is 6.08 Å². The van der Waals surface area contributed by atoms with Crippen molar-refractivity contribution in [1.29, 1.82) is 0 Å². The first kappa shape index (κ1) is 18.5. The Hall–Kier alpha value is -1.82. The zero-order chi connectivity index (χ0) is 19.0. The molecule has 1 aromatic carbocycles. The third kappa shape index (κ3) is 4.72. The van der Waals surface area contributed by atoms with E-state index in [0.29, 0.717) is 11.8 Å². The van der Waals surface area contributed by atoms with Crippen LogP contribution in [0.15, 0.2) is 41.8 Å². The lowest BCUT2D eigenvalue weighted by Gasteiger charge is -2.27. The number of sulfone groups is 1. The molecule has 6 heteroatoms. The molecule has 2 aliphatic carbocycles. The van der Waals surface area contributed by atoms with Gasteiger partial charge in [-0.1, -0.05) is 36.4 Å². The summed E-state index contributed by atoms with van der Waals surface area (Å²) in [6.45, 7) is 0.795. The monoisotopic (exact) mass is 388 g/mol. The summed E-state index contributed by atoms with van der Waals surface area (Å²) in [5.41, 5.74) is 1.19. The van der Waals surface area contributed by atoms with E-state index in [0.717, 1.165) is 31.7 Å². The summed E-state index contributed by atoms with van der Waals surface area (Å²) < 4.78 is 22.9. The van der Waals surface area contributed by atoms with Crippen LogP contribution < -0.4 is 5.32 Å². The van der Waals surface area contributed by atoms with E-state index in [-0.39, 0.29) is 18.1 Å². The van der Waals surface area contributed by atoms with Crippen LogP contribution in [0.25, 0.3) is 0 Å². The summed E-state index contributed by atoms with van der Waals surface area (Å²) in [5.74, 6) is 1.69. The van der Waals surface area contributed by atoms with Gasteiger partial charge < -0.3 is 10.2 Å². The Morgan fingerprint density at radius 3 is 2.44 bits per heavy atom. The number of hydrogen-bond donors (Lipinski definition) is 1. The first-order chi connectivity index (χ1) is 12.9. The molecule has 4 rings (SSSR count). The van der Waals surface area contributed by atoms with Crippen LogP contribution in [-0.4, -0.2) is 38.2 Å². The molecule has 1 saturated heterocycles. The first-order valence-corrected chi connectivity index (χ1v) is 11.9. The van der Waals surface area contributed by atoms with Crippen molar-refractivity contribution in [1.82, 2.24) is 10.2 Å². The number of likely N-dealkylation sites (tertiary alicyclic amines) is 1. The van der Waals surface area contributed by atoms with Crippen LogP contribution in [0, 0.1) is 17.8 Å². The van der Waals surface area contributed by atoms with E-state index in [4.69, 9.17) is 0 Å². The van der Waals surface area contributed by atoms with E-state index in [2.05, 4.69) is 17.4 Å². The zero-order valence-corrected chi connectivity index (χ0v) is 16.6. The van der Waals surface area contributed by atoms with Gasteiger partial charge in [0.05, 0.1) is 12.1 Å². The summed E-state index contributed by atoms with van der Waals surface area (Å²) in [5, 5.41) is 4.33. The minimum Gasteiger partial charge on any atom is -0.331 e. The molecule has 1 aromatic rings. The number of amides is 2. The predicted octanol–water partition coefficient (Wildman–Crippen LogP) is 3.51. The maximum Gasteiger partial charge on any atom is 0.318 e.